The molecule has 2 aliphatic heterocycles. The summed E-state index contributed by atoms with van der Waals surface area (Å²) in [5.41, 5.74) is 0. The second-order valence-electron chi connectivity index (χ2n) is 3.60. The van der Waals surface area contributed by atoms with Gasteiger partial charge in [0.05, 0.1) is 17.7 Å². The number of rotatable bonds is 1. The van der Waals surface area contributed by atoms with E-state index in [0.29, 0.717) is 0 Å². The Hall–Kier alpha value is -0.890. The smallest absolute Gasteiger partial charge is 0.373 e. The average molecular weight is 254 g/mol. The lowest BCUT2D eigenvalue weighted by Gasteiger charge is -2.30. The number of aliphatic hydroxyl groups excluding tert-OH is 1. The molecule has 1 fully saturated rings. The molecular weight excluding hydrogens is 245 g/mol. The van der Waals surface area contributed by atoms with Crippen molar-refractivity contribution in [2.24, 2.45) is 5.92 Å². The summed E-state index contributed by atoms with van der Waals surface area (Å²) in [7, 11) is 0. The Morgan fingerprint density at radius 3 is 2.75 bits per heavy atom. The number of hydrogen-bond acceptors (Lipinski definition) is 3. The molecule has 4 nitrogen and oxygen atoms in total. The van der Waals surface area contributed by atoms with Gasteiger partial charge in [0, 0.05) is 0 Å². The van der Waals surface area contributed by atoms with Crippen LogP contribution in [0.25, 0.3) is 0 Å². The van der Waals surface area contributed by atoms with Crippen LogP contribution in [0.3, 0.4) is 0 Å². The summed E-state index contributed by atoms with van der Waals surface area (Å²) in [5.74, 6) is -0.514. The standard InChI is InChI=1S/C8H9F3N2O2S/c9-8(10,11)2-3-1-4-5(14)12-7(15)13-6(4)16-3/h1,4-6,14H,2H2,(H2,12,13,15). The molecule has 2 rings (SSSR count). The topological polar surface area (TPSA) is 61.4 Å². The number of thioether (sulfide) groups is 1. The highest BCUT2D eigenvalue weighted by atomic mass is 32.2. The number of allylic oxidation sites excluding steroid dienone is 1. The molecule has 3 atom stereocenters. The van der Waals surface area contributed by atoms with Crippen molar-refractivity contribution in [2.45, 2.75) is 24.2 Å². The van der Waals surface area contributed by atoms with E-state index < -0.39 is 36.1 Å². The van der Waals surface area contributed by atoms with E-state index in [0.717, 1.165) is 11.8 Å². The lowest BCUT2D eigenvalue weighted by molar-refractivity contribution is -0.125. The number of alkyl halides is 3. The molecule has 3 N–H and O–H groups in total. The molecule has 0 aromatic rings. The third-order valence-electron chi connectivity index (χ3n) is 2.30. The Bertz CT molecular complexity index is 345. The van der Waals surface area contributed by atoms with Crippen LogP contribution in [0, 0.1) is 5.92 Å². The van der Waals surface area contributed by atoms with E-state index >= 15 is 0 Å². The van der Waals surface area contributed by atoms with Gasteiger partial charge in [-0.2, -0.15) is 13.2 Å². The molecule has 0 aliphatic carbocycles. The molecule has 2 heterocycles. The van der Waals surface area contributed by atoms with Crippen LogP contribution in [0.4, 0.5) is 18.0 Å². The molecule has 16 heavy (non-hydrogen) atoms. The fourth-order valence-corrected chi connectivity index (χ4v) is 3.02. The summed E-state index contributed by atoms with van der Waals surface area (Å²) in [5, 5.41) is 13.6. The maximum Gasteiger partial charge on any atom is 0.393 e. The van der Waals surface area contributed by atoms with Crippen molar-refractivity contribution < 1.29 is 23.1 Å². The van der Waals surface area contributed by atoms with Gasteiger partial charge >= 0.3 is 12.2 Å². The number of amides is 2. The number of carbonyl (C=O) groups excluding carboxylic acids is 1. The molecule has 0 aromatic carbocycles. The lowest BCUT2D eigenvalue weighted by atomic mass is 10.1. The van der Waals surface area contributed by atoms with Crippen LogP contribution in [0.15, 0.2) is 11.0 Å². The largest absolute Gasteiger partial charge is 0.393 e. The van der Waals surface area contributed by atoms with Crippen LogP contribution in [0.1, 0.15) is 6.42 Å². The fraction of sp³-hybridized carbons (Fsp3) is 0.625. The quantitative estimate of drug-likeness (QED) is 0.657. The number of aliphatic hydroxyl groups is 1. The first-order chi connectivity index (χ1) is 7.35. The summed E-state index contributed by atoms with van der Waals surface area (Å²) in [4.78, 5) is 11.1. The van der Waals surface area contributed by atoms with Crippen molar-refractivity contribution in [2.75, 3.05) is 0 Å². The molecule has 0 bridgehead atoms. The number of nitrogens with one attached hydrogen (secondary N) is 2. The summed E-state index contributed by atoms with van der Waals surface area (Å²) in [6.07, 6.45) is -5.06. The van der Waals surface area contributed by atoms with Crippen molar-refractivity contribution in [3.63, 3.8) is 0 Å². The normalized spacial score (nSPS) is 33.9. The minimum absolute atomic E-state index is 0.130. The van der Waals surface area contributed by atoms with E-state index in [9.17, 15) is 23.1 Å². The van der Waals surface area contributed by atoms with Crippen LogP contribution in [0.2, 0.25) is 0 Å². The molecule has 3 unspecified atom stereocenters. The second kappa shape index (κ2) is 3.85. The zero-order chi connectivity index (χ0) is 11.9. The van der Waals surface area contributed by atoms with E-state index in [1.807, 2.05) is 0 Å². The maximum absolute atomic E-state index is 12.1. The predicted molar refractivity (Wildman–Crippen MR) is 51.3 cm³/mol. The highest BCUT2D eigenvalue weighted by Crippen LogP contribution is 2.42. The van der Waals surface area contributed by atoms with E-state index in [4.69, 9.17) is 0 Å². The van der Waals surface area contributed by atoms with Crippen LogP contribution in [0.5, 0.6) is 0 Å². The van der Waals surface area contributed by atoms with Gasteiger partial charge in [-0.15, -0.1) is 11.8 Å². The highest BCUT2D eigenvalue weighted by molar-refractivity contribution is 8.03. The van der Waals surface area contributed by atoms with Gasteiger partial charge in [0.2, 0.25) is 0 Å². The van der Waals surface area contributed by atoms with Crippen molar-refractivity contribution in [3.05, 3.63) is 11.0 Å². The van der Waals surface area contributed by atoms with Gasteiger partial charge in [-0.05, 0) is 4.91 Å². The zero-order valence-corrected chi connectivity index (χ0v) is 8.73. The van der Waals surface area contributed by atoms with Crippen molar-refractivity contribution in [1.29, 1.82) is 0 Å². The van der Waals surface area contributed by atoms with Crippen molar-refractivity contribution in [1.82, 2.24) is 10.6 Å². The third-order valence-corrected chi connectivity index (χ3v) is 3.57. The van der Waals surface area contributed by atoms with E-state index in [-0.39, 0.29) is 4.91 Å². The minimum Gasteiger partial charge on any atom is -0.373 e. The van der Waals surface area contributed by atoms with Crippen molar-refractivity contribution in [3.8, 4) is 0 Å². The van der Waals surface area contributed by atoms with Gasteiger partial charge in [0.1, 0.15) is 6.23 Å². The Labute approximate surface area is 93.3 Å². The van der Waals surface area contributed by atoms with Crippen LogP contribution >= 0.6 is 11.8 Å². The van der Waals surface area contributed by atoms with E-state index in [2.05, 4.69) is 10.6 Å². The van der Waals surface area contributed by atoms with Gasteiger partial charge in [0.25, 0.3) is 0 Å². The fourth-order valence-electron chi connectivity index (χ4n) is 1.66. The average Bonchev–Trinajstić information content (AvgIpc) is 2.43. The third kappa shape index (κ3) is 2.43. The predicted octanol–water partition coefficient (Wildman–Crippen LogP) is 1.14. The Morgan fingerprint density at radius 2 is 2.12 bits per heavy atom. The molecular formula is C8H9F3N2O2S. The second-order valence-corrected chi connectivity index (χ2v) is 4.87. The summed E-state index contributed by atoms with van der Waals surface area (Å²) >= 11 is 0.938. The molecule has 0 aromatic heterocycles. The summed E-state index contributed by atoms with van der Waals surface area (Å²) in [6, 6.07) is -0.567. The molecule has 0 spiro atoms. The number of halogens is 3. The van der Waals surface area contributed by atoms with Gasteiger partial charge < -0.3 is 15.7 Å². The van der Waals surface area contributed by atoms with Crippen LogP contribution < -0.4 is 10.6 Å². The Balaban J connectivity index is 2.06. The van der Waals surface area contributed by atoms with E-state index in [1.165, 1.54) is 6.08 Å². The molecule has 0 radical (unpaired) electrons. The van der Waals surface area contributed by atoms with Crippen LogP contribution in [-0.4, -0.2) is 28.9 Å². The highest BCUT2D eigenvalue weighted by Gasteiger charge is 2.41. The number of carbonyl (C=O) groups is 1. The number of fused-ring (bicyclic) bond motifs is 1. The lowest BCUT2D eigenvalue weighted by Crippen LogP contribution is -2.57. The molecule has 90 valence electrons. The van der Waals surface area contributed by atoms with Gasteiger partial charge in [-0.1, -0.05) is 6.08 Å². The minimum atomic E-state index is -4.27. The van der Waals surface area contributed by atoms with Crippen molar-refractivity contribution >= 4 is 17.8 Å². The molecule has 2 amide bonds. The molecule has 0 saturated carbocycles. The van der Waals surface area contributed by atoms with Gasteiger partial charge in [0.15, 0.2) is 0 Å². The monoisotopic (exact) mass is 254 g/mol. The summed E-state index contributed by atoms with van der Waals surface area (Å²) in [6.45, 7) is 0. The first-order valence-corrected chi connectivity index (χ1v) is 5.42. The number of urea groups is 1. The summed E-state index contributed by atoms with van der Waals surface area (Å²) < 4.78 is 36.4. The van der Waals surface area contributed by atoms with Gasteiger partial charge in [-0.3, -0.25) is 0 Å². The first-order valence-electron chi connectivity index (χ1n) is 4.54. The van der Waals surface area contributed by atoms with E-state index in [1.54, 1.807) is 0 Å². The first kappa shape index (κ1) is 11.6. The molecule has 1 saturated heterocycles. The van der Waals surface area contributed by atoms with Crippen LogP contribution in [-0.2, 0) is 0 Å². The zero-order valence-electron chi connectivity index (χ0n) is 7.91. The number of hydrogen-bond donors (Lipinski definition) is 3. The SMILES string of the molecule is O=C1NC(O)C2C=C(CC(F)(F)F)SC2N1. The Morgan fingerprint density at radius 1 is 1.44 bits per heavy atom. The molecule has 8 heteroatoms. The maximum atomic E-state index is 12.1. The Kier molecular flexibility index (Phi) is 2.79. The molecule has 2 aliphatic rings. The van der Waals surface area contributed by atoms with Gasteiger partial charge in [-0.25, -0.2) is 4.79 Å².